The fraction of sp³-hybridized carbons (Fsp3) is 0.591. The molecule has 9 rings (SSSR count). The second-order valence-corrected chi connectivity index (χ2v) is 21.3. The maximum absolute atomic E-state index is 13.7. The van der Waals surface area contributed by atoms with Gasteiger partial charge in [0.25, 0.3) is 11.8 Å². The number of imide groups is 2. The predicted octanol–water partition coefficient (Wildman–Crippen LogP) is 1.44. The van der Waals surface area contributed by atoms with Crippen LogP contribution in [-0.4, -0.2) is 140 Å². The number of benzene rings is 2. The van der Waals surface area contributed by atoms with E-state index in [-0.39, 0.29) is 72.5 Å². The molecule has 7 aliphatic rings. The summed E-state index contributed by atoms with van der Waals surface area (Å²) >= 11 is 1.62. The van der Waals surface area contributed by atoms with Gasteiger partial charge in [-0.05, 0) is 86.2 Å². The molecule has 63 heavy (non-hydrogen) atoms. The molecule has 1 aliphatic carbocycles. The number of carbonyl (C=O) groups excluding carboxylic acids is 6. The smallest absolute Gasteiger partial charge is 0.262 e. The normalized spacial score (nSPS) is 29.9. The molecule has 0 spiro atoms. The minimum atomic E-state index is -3.42. The van der Waals surface area contributed by atoms with E-state index in [1.54, 1.807) is 23.9 Å². The van der Waals surface area contributed by atoms with E-state index in [2.05, 4.69) is 60.6 Å². The van der Waals surface area contributed by atoms with Gasteiger partial charge in [0.1, 0.15) is 11.5 Å². The molecule has 338 valence electrons. The summed E-state index contributed by atoms with van der Waals surface area (Å²) in [5, 5.41) is 15.4. The number of hydrogen-bond donors (Lipinski definition) is 5. The van der Waals surface area contributed by atoms with E-state index < -0.39 is 45.1 Å². The van der Waals surface area contributed by atoms with Crippen molar-refractivity contribution in [2.45, 2.75) is 87.5 Å². The summed E-state index contributed by atoms with van der Waals surface area (Å²) in [6, 6.07) is 13.1. The molecule has 2 aromatic rings. The molecular weight excluding hydrogens is 847 g/mol. The van der Waals surface area contributed by atoms with Gasteiger partial charge in [0, 0.05) is 63.2 Å². The molecule has 5 N–H and O–H groups in total. The van der Waals surface area contributed by atoms with Crippen LogP contribution in [0.5, 0.6) is 0 Å². The van der Waals surface area contributed by atoms with Crippen molar-refractivity contribution in [3.8, 4) is 0 Å². The van der Waals surface area contributed by atoms with Crippen LogP contribution in [0.25, 0.3) is 0 Å². The van der Waals surface area contributed by atoms with E-state index in [4.69, 9.17) is 0 Å². The fourth-order valence-electron chi connectivity index (χ4n) is 11.0. The first-order valence-electron chi connectivity index (χ1n) is 22.4. The highest BCUT2D eigenvalue weighted by atomic mass is 32.2. The molecule has 0 radical (unpaired) electrons. The quantitative estimate of drug-likeness (QED) is 0.203. The highest BCUT2D eigenvalue weighted by molar-refractivity contribution is 8.00. The summed E-state index contributed by atoms with van der Waals surface area (Å²) in [5.74, 6) is -1.29. The van der Waals surface area contributed by atoms with Crippen LogP contribution in [0, 0.1) is 11.3 Å². The zero-order valence-electron chi connectivity index (χ0n) is 35.6. The third-order valence-corrected chi connectivity index (χ3v) is 16.9. The van der Waals surface area contributed by atoms with Gasteiger partial charge < -0.3 is 20.9 Å². The number of carbonyl (C=O) groups is 6. The number of hydrogen-bond acceptors (Lipinski definition) is 13. The number of piperidine rings is 2. The number of nitrogens with one attached hydrogen (secondary N) is 5. The van der Waals surface area contributed by atoms with Crippen molar-refractivity contribution < 1.29 is 37.2 Å². The average Bonchev–Trinajstić information content (AvgIpc) is 4.12. The third kappa shape index (κ3) is 8.88. The Kier molecular flexibility index (Phi) is 12.4. The standard InChI is InChI=1S/C44H57N9O8S2/c1-63(60,61)52-16-14-44(26-52,30-7-2-3-8-30)42(59)46-24-38(55)49-43-47-34(25-62-43)29-6-4-5-27(21-29)28-13-15-45-36(22-28)51-19-17-50(18-20-51)31-9-10-32-33(23-31)41(58)53(40(32)57)35-11-12-37(54)48-39(35)56/h4-6,9-10,21,23,28,30,34-36,43,45,47H,2-3,7-8,11-20,22,24-26H2,1H3,(H,46,59)(H,49,55)(H,48,54,56). The number of fused-ring (bicyclic) bond motifs is 1. The number of anilines is 1. The molecule has 1 saturated carbocycles. The van der Waals surface area contributed by atoms with Crippen LogP contribution in [-0.2, 0) is 29.2 Å². The van der Waals surface area contributed by atoms with E-state index in [0.29, 0.717) is 18.9 Å². The molecule has 17 nitrogen and oxygen atoms in total. The summed E-state index contributed by atoms with van der Waals surface area (Å²) in [6.07, 6.45) is 7.88. The van der Waals surface area contributed by atoms with Gasteiger partial charge in [0.2, 0.25) is 33.7 Å². The van der Waals surface area contributed by atoms with E-state index >= 15 is 0 Å². The Morgan fingerprint density at radius 1 is 0.905 bits per heavy atom. The van der Waals surface area contributed by atoms with Crippen molar-refractivity contribution in [1.29, 1.82) is 0 Å². The number of piperazine rings is 1. The summed E-state index contributed by atoms with van der Waals surface area (Å²) < 4.78 is 26.1. The Hall–Kier alpha value is -4.40. The molecule has 6 fully saturated rings. The largest absolute Gasteiger partial charge is 0.369 e. The molecule has 6 heterocycles. The summed E-state index contributed by atoms with van der Waals surface area (Å²) in [5.41, 5.74) is 2.77. The Morgan fingerprint density at radius 2 is 1.67 bits per heavy atom. The Morgan fingerprint density at radius 3 is 2.41 bits per heavy atom. The van der Waals surface area contributed by atoms with Gasteiger partial charge in [0.05, 0.1) is 35.5 Å². The van der Waals surface area contributed by atoms with Crippen molar-refractivity contribution in [2.75, 3.05) is 69.3 Å². The monoisotopic (exact) mass is 903 g/mol. The van der Waals surface area contributed by atoms with Gasteiger partial charge in [-0.25, -0.2) is 12.7 Å². The minimum absolute atomic E-state index is 0.0414. The Balaban J connectivity index is 0.752. The molecule has 2 aromatic carbocycles. The van der Waals surface area contributed by atoms with Crippen molar-refractivity contribution >= 4 is 62.9 Å². The maximum Gasteiger partial charge on any atom is 0.262 e. The summed E-state index contributed by atoms with van der Waals surface area (Å²) in [4.78, 5) is 83.3. The van der Waals surface area contributed by atoms with Gasteiger partial charge in [-0.15, -0.1) is 11.8 Å². The number of nitrogens with zero attached hydrogens (tertiary/aromatic N) is 4. The molecule has 6 aliphatic heterocycles. The Labute approximate surface area is 372 Å². The second-order valence-electron chi connectivity index (χ2n) is 18.2. The number of sulfonamides is 1. The molecule has 6 amide bonds. The lowest BCUT2D eigenvalue weighted by atomic mass is 9.72. The lowest BCUT2D eigenvalue weighted by molar-refractivity contribution is -0.136. The first kappa shape index (κ1) is 43.8. The lowest BCUT2D eigenvalue weighted by Gasteiger charge is -2.43. The molecule has 0 bridgehead atoms. The van der Waals surface area contributed by atoms with E-state index in [1.165, 1.54) is 21.7 Å². The van der Waals surface area contributed by atoms with Crippen molar-refractivity contribution in [3.63, 3.8) is 0 Å². The number of rotatable bonds is 11. The highest BCUT2D eigenvalue weighted by Crippen LogP contribution is 2.47. The van der Waals surface area contributed by atoms with Gasteiger partial charge in [-0.1, -0.05) is 37.1 Å². The molecule has 0 aromatic heterocycles. The fourth-order valence-corrected chi connectivity index (χ4v) is 13.0. The topological polar surface area (TPSA) is 210 Å². The van der Waals surface area contributed by atoms with E-state index in [0.717, 1.165) is 87.6 Å². The van der Waals surface area contributed by atoms with E-state index in [1.807, 2.05) is 6.07 Å². The average molecular weight is 904 g/mol. The number of amides is 6. The van der Waals surface area contributed by atoms with Gasteiger partial charge in [0.15, 0.2) is 0 Å². The van der Waals surface area contributed by atoms with Crippen LogP contribution in [0.2, 0.25) is 0 Å². The molecule has 6 atom stereocenters. The van der Waals surface area contributed by atoms with Crippen molar-refractivity contribution in [3.05, 3.63) is 64.7 Å². The molecule has 5 saturated heterocycles. The van der Waals surface area contributed by atoms with Crippen LogP contribution < -0.4 is 31.5 Å². The maximum atomic E-state index is 13.7. The predicted molar refractivity (Wildman–Crippen MR) is 236 cm³/mol. The van der Waals surface area contributed by atoms with Crippen molar-refractivity contribution in [2.24, 2.45) is 11.3 Å². The summed E-state index contributed by atoms with van der Waals surface area (Å²) in [7, 11) is -3.42. The Bertz CT molecular complexity index is 2280. The lowest BCUT2D eigenvalue weighted by Crippen LogP contribution is -2.56. The molecular formula is C44H57N9O8S2. The zero-order valence-corrected chi connectivity index (χ0v) is 37.2. The van der Waals surface area contributed by atoms with Gasteiger partial charge in [-0.2, -0.15) is 0 Å². The first-order valence-corrected chi connectivity index (χ1v) is 25.3. The summed E-state index contributed by atoms with van der Waals surface area (Å²) in [6.45, 7) is 4.35. The molecule has 6 unspecified atom stereocenters. The highest BCUT2D eigenvalue weighted by Gasteiger charge is 2.52. The SMILES string of the molecule is CS(=O)(=O)N1CCC(C(=O)NCC(=O)NC2NC(c3cccc(C4CCNC(N5CCN(c6ccc7c(c6)C(=O)N(C6CCC(=O)NC6=O)C7=O)CC5)C4)c3)CS2)(C2CCCC2)C1. The zero-order chi connectivity index (χ0) is 44.0. The third-order valence-electron chi connectivity index (χ3n) is 14.5. The minimum Gasteiger partial charge on any atom is -0.369 e. The van der Waals surface area contributed by atoms with Gasteiger partial charge >= 0.3 is 0 Å². The molecule has 19 heteroatoms. The number of thioether (sulfide) groups is 1. The van der Waals surface area contributed by atoms with Crippen LogP contribution in [0.3, 0.4) is 0 Å². The van der Waals surface area contributed by atoms with Crippen LogP contribution in [0.4, 0.5) is 5.69 Å². The van der Waals surface area contributed by atoms with Crippen molar-refractivity contribution in [1.82, 2.24) is 40.7 Å². The second kappa shape index (κ2) is 17.9. The van der Waals surface area contributed by atoms with Gasteiger partial charge in [-0.3, -0.25) is 49.2 Å². The van der Waals surface area contributed by atoms with Crippen LogP contribution >= 0.6 is 11.8 Å². The van der Waals surface area contributed by atoms with Crippen LogP contribution in [0.1, 0.15) is 102 Å². The first-order chi connectivity index (χ1) is 30.3. The van der Waals surface area contributed by atoms with E-state index in [9.17, 15) is 37.2 Å². The van der Waals surface area contributed by atoms with Crippen LogP contribution in [0.15, 0.2) is 42.5 Å².